The van der Waals surface area contributed by atoms with Crippen LogP contribution in [-0.4, -0.2) is 21.5 Å². The molecule has 0 aromatic heterocycles. The lowest BCUT2D eigenvalue weighted by molar-refractivity contribution is 0.276. The highest BCUT2D eigenvalue weighted by Gasteiger charge is 2.55. The van der Waals surface area contributed by atoms with Crippen LogP contribution in [0.25, 0.3) is 6.08 Å². The number of hydrogen-bond acceptors (Lipinski definition) is 1. The van der Waals surface area contributed by atoms with E-state index in [1.54, 1.807) is 0 Å². The first-order chi connectivity index (χ1) is 16.0. The van der Waals surface area contributed by atoms with Gasteiger partial charge in [0.2, 0.25) is 7.83 Å². The maximum absolute atomic E-state index is 7.36. The summed E-state index contributed by atoms with van der Waals surface area (Å²) in [6.07, 6.45) is 4.36. The molecule has 33 heavy (non-hydrogen) atoms. The van der Waals surface area contributed by atoms with Crippen LogP contribution in [0.5, 0.6) is 0 Å². The van der Waals surface area contributed by atoms with E-state index in [2.05, 4.69) is 147 Å². The molecule has 0 N–H and O–H groups in total. The SMILES string of the molecule is C[C@H](/C=C/c1ccccc1)O[Si](c1ccccc1)(c1ccccc1)[Si](C)(C)c1ccccc1. The molecule has 0 heterocycles. The second kappa shape index (κ2) is 10.3. The molecule has 0 fully saturated rings. The quantitative estimate of drug-likeness (QED) is 0.310. The summed E-state index contributed by atoms with van der Waals surface area (Å²) in [7, 11) is -4.76. The van der Waals surface area contributed by atoms with Gasteiger partial charge in [-0.3, -0.25) is 0 Å². The van der Waals surface area contributed by atoms with E-state index < -0.39 is 15.4 Å². The zero-order valence-corrected chi connectivity index (χ0v) is 21.7. The Bertz CT molecular complexity index is 1120. The molecule has 0 amide bonds. The third-order valence-corrected chi connectivity index (χ3v) is 21.2. The topological polar surface area (TPSA) is 9.23 Å². The van der Waals surface area contributed by atoms with Gasteiger partial charge >= 0.3 is 0 Å². The molecular weight excluding hydrogens is 433 g/mol. The van der Waals surface area contributed by atoms with E-state index in [9.17, 15) is 0 Å². The summed E-state index contributed by atoms with van der Waals surface area (Å²) >= 11 is 0. The van der Waals surface area contributed by atoms with E-state index in [1.807, 2.05) is 6.07 Å². The fourth-order valence-corrected chi connectivity index (χ4v) is 18.9. The number of benzene rings is 4. The molecular formula is C30H32OSi2. The van der Waals surface area contributed by atoms with E-state index in [4.69, 9.17) is 4.43 Å². The molecule has 4 aromatic carbocycles. The van der Waals surface area contributed by atoms with E-state index in [0.29, 0.717) is 0 Å². The Morgan fingerprint density at radius 1 is 0.576 bits per heavy atom. The van der Waals surface area contributed by atoms with E-state index >= 15 is 0 Å². The van der Waals surface area contributed by atoms with Crippen molar-refractivity contribution < 1.29 is 4.43 Å². The summed E-state index contributed by atoms with van der Waals surface area (Å²) in [5, 5.41) is 4.12. The third-order valence-electron chi connectivity index (χ3n) is 6.46. The molecule has 0 aliphatic rings. The van der Waals surface area contributed by atoms with Crippen molar-refractivity contribution in [3.05, 3.63) is 133 Å². The van der Waals surface area contributed by atoms with Gasteiger partial charge in [0.05, 0.1) is 6.10 Å². The standard InChI is InChI=1S/C30H32OSi2/c1-26(24-25-27-16-8-4-9-17-27)31-33(29-20-12-6-13-21-29,30-22-14-7-15-23-30)32(2,3)28-18-10-5-11-19-28/h4-26H,1-3H3/b25-24+/t26-/m1/s1. The fourth-order valence-electron chi connectivity index (χ4n) is 4.70. The van der Waals surface area contributed by atoms with Crippen molar-refractivity contribution in [2.75, 3.05) is 0 Å². The first-order valence-corrected chi connectivity index (χ1v) is 17.5. The molecule has 166 valence electrons. The van der Waals surface area contributed by atoms with Crippen molar-refractivity contribution in [1.29, 1.82) is 0 Å². The minimum absolute atomic E-state index is 0.0206. The third kappa shape index (κ3) is 4.86. The number of hydrogen-bond donors (Lipinski definition) is 0. The smallest absolute Gasteiger partial charge is 0.246 e. The minimum Gasteiger partial charge on any atom is -0.404 e. The lowest BCUT2D eigenvalue weighted by atomic mass is 10.2. The van der Waals surface area contributed by atoms with Gasteiger partial charge in [-0.1, -0.05) is 152 Å². The molecule has 0 radical (unpaired) electrons. The molecule has 4 rings (SSSR count). The Kier molecular flexibility index (Phi) is 7.24. The predicted molar refractivity (Wildman–Crippen MR) is 147 cm³/mol. The maximum Gasteiger partial charge on any atom is 0.246 e. The summed E-state index contributed by atoms with van der Waals surface area (Å²) in [6, 6.07) is 43.4. The van der Waals surface area contributed by atoms with Crippen LogP contribution in [-0.2, 0) is 4.43 Å². The van der Waals surface area contributed by atoms with Crippen LogP contribution in [0.4, 0.5) is 0 Å². The highest BCUT2D eigenvalue weighted by molar-refractivity contribution is 7.52. The van der Waals surface area contributed by atoms with Gasteiger partial charge in [0, 0.05) is 0 Å². The molecule has 0 unspecified atom stereocenters. The summed E-state index contributed by atoms with van der Waals surface area (Å²) in [6.45, 7) is 7.16. The first-order valence-electron chi connectivity index (χ1n) is 11.6. The predicted octanol–water partition coefficient (Wildman–Crippen LogP) is 5.56. The van der Waals surface area contributed by atoms with Gasteiger partial charge in [-0.05, 0) is 22.9 Å². The molecule has 3 heteroatoms. The largest absolute Gasteiger partial charge is 0.404 e. The molecule has 0 aliphatic heterocycles. The highest BCUT2D eigenvalue weighted by Crippen LogP contribution is 2.24. The lowest BCUT2D eigenvalue weighted by Crippen LogP contribution is -2.80. The molecule has 1 nitrogen and oxygen atoms in total. The van der Waals surface area contributed by atoms with Gasteiger partial charge in [0.25, 0.3) is 0 Å². The first kappa shape index (κ1) is 23.2. The molecule has 0 aliphatic carbocycles. The van der Waals surface area contributed by atoms with Gasteiger partial charge in [-0.2, -0.15) is 0 Å². The monoisotopic (exact) mass is 464 g/mol. The van der Waals surface area contributed by atoms with Gasteiger partial charge < -0.3 is 4.43 Å². The summed E-state index contributed by atoms with van der Waals surface area (Å²) in [5.74, 6) is 0. The van der Waals surface area contributed by atoms with Gasteiger partial charge in [-0.25, -0.2) is 0 Å². The second-order valence-corrected chi connectivity index (χ2v) is 21.4. The van der Waals surface area contributed by atoms with Crippen LogP contribution in [0.15, 0.2) is 127 Å². The van der Waals surface area contributed by atoms with Gasteiger partial charge in [0.1, 0.15) is 7.59 Å². The van der Waals surface area contributed by atoms with Gasteiger partial charge in [0.15, 0.2) is 0 Å². The summed E-state index contributed by atoms with van der Waals surface area (Å²) in [4.78, 5) is 0. The maximum atomic E-state index is 7.36. The second-order valence-electron chi connectivity index (χ2n) is 9.00. The Hall–Kier alpha value is -2.99. The van der Waals surface area contributed by atoms with Crippen molar-refractivity contribution in [2.24, 2.45) is 0 Å². The molecule has 0 saturated carbocycles. The average Bonchev–Trinajstić information content (AvgIpc) is 2.88. The van der Waals surface area contributed by atoms with E-state index in [-0.39, 0.29) is 6.10 Å². The van der Waals surface area contributed by atoms with Crippen molar-refractivity contribution in [3.63, 3.8) is 0 Å². The van der Waals surface area contributed by atoms with E-state index in [1.165, 1.54) is 21.1 Å². The van der Waals surface area contributed by atoms with Crippen molar-refractivity contribution >= 4 is 37.1 Å². The normalized spacial score (nSPS) is 13.2. The summed E-state index contributed by atoms with van der Waals surface area (Å²) < 4.78 is 7.36. The molecule has 4 aromatic rings. The molecule has 0 spiro atoms. The summed E-state index contributed by atoms with van der Waals surface area (Å²) in [5.41, 5.74) is 1.19. The van der Waals surface area contributed by atoms with Crippen molar-refractivity contribution in [3.8, 4) is 0 Å². The Balaban J connectivity index is 1.87. The molecule has 0 bridgehead atoms. The Labute approximate surface area is 200 Å². The van der Waals surface area contributed by atoms with Crippen LogP contribution in [0.1, 0.15) is 12.5 Å². The van der Waals surface area contributed by atoms with Crippen LogP contribution in [0.2, 0.25) is 13.1 Å². The molecule has 0 saturated heterocycles. The lowest BCUT2D eigenvalue weighted by Gasteiger charge is -2.45. The van der Waals surface area contributed by atoms with Crippen LogP contribution in [0.3, 0.4) is 0 Å². The van der Waals surface area contributed by atoms with Gasteiger partial charge in [-0.15, -0.1) is 0 Å². The van der Waals surface area contributed by atoms with Crippen LogP contribution < -0.4 is 15.6 Å². The van der Waals surface area contributed by atoms with Crippen LogP contribution >= 0.6 is 0 Å². The van der Waals surface area contributed by atoms with Crippen molar-refractivity contribution in [2.45, 2.75) is 26.1 Å². The average molecular weight is 465 g/mol. The minimum atomic E-state index is -2.63. The number of rotatable bonds is 8. The molecule has 1 atom stereocenters. The van der Waals surface area contributed by atoms with Crippen LogP contribution in [0, 0.1) is 0 Å². The van der Waals surface area contributed by atoms with Crippen molar-refractivity contribution in [1.82, 2.24) is 0 Å². The van der Waals surface area contributed by atoms with E-state index in [0.717, 1.165) is 0 Å². The fraction of sp³-hybridized carbons (Fsp3) is 0.133. The zero-order chi connectivity index (χ0) is 23.2. The zero-order valence-electron chi connectivity index (χ0n) is 19.7. The Morgan fingerprint density at radius 2 is 0.970 bits per heavy atom. The highest BCUT2D eigenvalue weighted by atomic mass is 29.3. The Morgan fingerprint density at radius 3 is 1.42 bits per heavy atom.